The molecule has 70 valence electrons. The van der Waals surface area contributed by atoms with Crippen LogP contribution in [0.4, 0.5) is 0 Å². The van der Waals surface area contributed by atoms with Gasteiger partial charge >= 0.3 is 0 Å². The van der Waals surface area contributed by atoms with Gasteiger partial charge in [0.1, 0.15) is 0 Å². The number of ketones is 1. The Balaban J connectivity index is 2.36. The van der Waals surface area contributed by atoms with E-state index in [1.165, 1.54) is 12.8 Å². The van der Waals surface area contributed by atoms with Crippen molar-refractivity contribution >= 4 is 5.78 Å². The van der Waals surface area contributed by atoms with E-state index in [1.807, 2.05) is 6.92 Å². The Kier molecular flexibility index (Phi) is 2.89. The lowest BCUT2D eigenvalue weighted by Crippen LogP contribution is -2.44. The smallest absolute Gasteiger partial charge is 0.152 e. The zero-order valence-corrected chi connectivity index (χ0v) is 8.10. The standard InChI is InChI=1S/C10H19NO/c1-3-6-10(2,11)9(12)7-8-4-5-8/h8H,3-7,11H2,1-2H3. The van der Waals surface area contributed by atoms with Gasteiger partial charge in [-0.25, -0.2) is 0 Å². The van der Waals surface area contributed by atoms with Gasteiger partial charge in [-0.3, -0.25) is 4.79 Å². The molecule has 1 aliphatic carbocycles. The lowest BCUT2D eigenvalue weighted by atomic mass is 9.89. The van der Waals surface area contributed by atoms with Crippen LogP contribution in [0, 0.1) is 5.92 Å². The number of hydrogen-bond donors (Lipinski definition) is 1. The van der Waals surface area contributed by atoms with Gasteiger partial charge in [-0.1, -0.05) is 13.3 Å². The van der Waals surface area contributed by atoms with Crippen molar-refractivity contribution in [2.24, 2.45) is 11.7 Å². The van der Waals surface area contributed by atoms with E-state index in [0.717, 1.165) is 12.8 Å². The maximum absolute atomic E-state index is 11.6. The summed E-state index contributed by atoms with van der Waals surface area (Å²) < 4.78 is 0. The molecule has 1 unspecified atom stereocenters. The monoisotopic (exact) mass is 169 g/mol. The number of hydrogen-bond acceptors (Lipinski definition) is 2. The molecule has 0 radical (unpaired) electrons. The van der Waals surface area contributed by atoms with Crippen molar-refractivity contribution in [1.29, 1.82) is 0 Å². The van der Waals surface area contributed by atoms with Crippen LogP contribution < -0.4 is 5.73 Å². The van der Waals surface area contributed by atoms with Gasteiger partial charge in [0, 0.05) is 6.42 Å². The molecule has 2 N–H and O–H groups in total. The third kappa shape index (κ3) is 2.59. The number of Topliss-reactive ketones (excluding diaryl/α,β-unsaturated/α-hetero) is 1. The van der Waals surface area contributed by atoms with Gasteiger partial charge in [0.2, 0.25) is 0 Å². The van der Waals surface area contributed by atoms with E-state index in [4.69, 9.17) is 5.73 Å². The molecule has 1 aliphatic rings. The summed E-state index contributed by atoms with van der Waals surface area (Å²) >= 11 is 0. The number of nitrogens with two attached hydrogens (primary N) is 1. The highest BCUT2D eigenvalue weighted by Gasteiger charge is 2.32. The van der Waals surface area contributed by atoms with Gasteiger partial charge < -0.3 is 5.73 Å². The second kappa shape index (κ2) is 3.56. The maximum Gasteiger partial charge on any atom is 0.152 e. The summed E-state index contributed by atoms with van der Waals surface area (Å²) in [4.78, 5) is 11.6. The van der Waals surface area contributed by atoms with Crippen LogP contribution in [0.5, 0.6) is 0 Å². The first-order valence-electron chi connectivity index (χ1n) is 4.88. The molecule has 0 saturated heterocycles. The average Bonchev–Trinajstić information content (AvgIpc) is 2.71. The largest absolute Gasteiger partial charge is 0.319 e. The lowest BCUT2D eigenvalue weighted by Gasteiger charge is -2.22. The van der Waals surface area contributed by atoms with Crippen molar-refractivity contribution in [2.45, 2.75) is 51.5 Å². The predicted molar refractivity (Wildman–Crippen MR) is 49.8 cm³/mol. The van der Waals surface area contributed by atoms with Crippen molar-refractivity contribution in [3.05, 3.63) is 0 Å². The molecule has 2 nitrogen and oxygen atoms in total. The van der Waals surface area contributed by atoms with Crippen LogP contribution >= 0.6 is 0 Å². The van der Waals surface area contributed by atoms with Crippen molar-refractivity contribution in [1.82, 2.24) is 0 Å². The molecule has 0 aliphatic heterocycles. The molecule has 0 aromatic rings. The number of carbonyl (C=O) groups is 1. The Labute approximate surface area is 74.5 Å². The summed E-state index contributed by atoms with van der Waals surface area (Å²) in [6.07, 6.45) is 4.98. The van der Waals surface area contributed by atoms with Gasteiger partial charge in [-0.15, -0.1) is 0 Å². The van der Waals surface area contributed by atoms with E-state index in [0.29, 0.717) is 12.3 Å². The van der Waals surface area contributed by atoms with Crippen LogP contribution in [-0.2, 0) is 4.79 Å². The zero-order chi connectivity index (χ0) is 9.19. The molecule has 1 fully saturated rings. The Hall–Kier alpha value is -0.370. The first kappa shape index (κ1) is 9.72. The fourth-order valence-electron chi connectivity index (χ4n) is 1.48. The highest BCUT2D eigenvalue weighted by Crippen LogP contribution is 2.34. The minimum atomic E-state index is -0.558. The van der Waals surface area contributed by atoms with Gasteiger partial charge in [-0.05, 0) is 32.1 Å². The van der Waals surface area contributed by atoms with Crippen LogP contribution in [0.3, 0.4) is 0 Å². The summed E-state index contributed by atoms with van der Waals surface area (Å²) in [6, 6.07) is 0. The average molecular weight is 169 g/mol. The van der Waals surface area contributed by atoms with E-state index in [1.54, 1.807) is 0 Å². The first-order valence-corrected chi connectivity index (χ1v) is 4.88. The molecular formula is C10H19NO. The van der Waals surface area contributed by atoms with Crippen LogP contribution in [-0.4, -0.2) is 11.3 Å². The molecule has 2 heteroatoms. The molecule has 12 heavy (non-hydrogen) atoms. The molecule has 1 rings (SSSR count). The Morgan fingerprint density at radius 1 is 1.58 bits per heavy atom. The van der Waals surface area contributed by atoms with E-state index in [2.05, 4.69) is 6.92 Å². The molecule has 1 atom stereocenters. The van der Waals surface area contributed by atoms with E-state index in [9.17, 15) is 4.79 Å². The summed E-state index contributed by atoms with van der Waals surface area (Å²) in [6.45, 7) is 3.93. The summed E-state index contributed by atoms with van der Waals surface area (Å²) in [7, 11) is 0. The Morgan fingerprint density at radius 2 is 2.17 bits per heavy atom. The molecule has 1 saturated carbocycles. The molecule has 0 heterocycles. The Bertz CT molecular complexity index is 171. The van der Waals surface area contributed by atoms with Crippen LogP contribution in [0.2, 0.25) is 0 Å². The van der Waals surface area contributed by atoms with Gasteiger partial charge in [0.25, 0.3) is 0 Å². The fourth-order valence-corrected chi connectivity index (χ4v) is 1.48. The van der Waals surface area contributed by atoms with E-state index >= 15 is 0 Å². The highest BCUT2D eigenvalue weighted by molar-refractivity contribution is 5.88. The number of carbonyl (C=O) groups excluding carboxylic acids is 1. The summed E-state index contributed by atoms with van der Waals surface area (Å²) in [5.41, 5.74) is 5.34. The third-order valence-corrected chi connectivity index (χ3v) is 2.58. The normalized spacial score (nSPS) is 21.9. The maximum atomic E-state index is 11.6. The number of rotatable bonds is 5. The molecule has 0 bridgehead atoms. The zero-order valence-electron chi connectivity index (χ0n) is 8.10. The van der Waals surface area contributed by atoms with Crippen LogP contribution in [0.1, 0.15) is 46.0 Å². The van der Waals surface area contributed by atoms with E-state index in [-0.39, 0.29) is 5.78 Å². The topological polar surface area (TPSA) is 43.1 Å². The fraction of sp³-hybridized carbons (Fsp3) is 0.900. The van der Waals surface area contributed by atoms with Gasteiger partial charge in [-0.2, -0.15) is 0 Å². The molecule has 0 aromatic carbocycles. The summed E-state index contributed by atoms with van der Waals surface area (Å²) in [5, 5.41) is 0. The lowest BCUT2D eigenvalue weighted by molar-refractivity contribution is -0.124. The predicted octanol–water partition coefficient (Wildman–Crippen LogP) is 1.87. The second-order valence-corrected chi connectivity index (χ2v) is 4.24. The van der Waals surface area contributed by atoms with Crippen molar-refractivity contribution in [2.75, 3.05) is 0 Å². The highest BCUT2D eigenvalue weighted by atomic mass is 16.1. The molecular weight excluding hydrogens is 150 g/mol. The second-order valence-electron chi connectivity index (χ2n) is 4.24. The van der Waals surface area contributed by atoms with E-state index < -0.39 is 5.54 Å². The minimum Gasteiger partial charge on any atom is -0.319 e. The van der Waals surface area contributed by atoms with Crippen molar-refractivity contribution in [3.8, 4) is 0 Å². The van der Waals surface area contributed by atoms with Crippen LogP contribution in [0.25, 0.3) is 0 Å². The SMILES string of the molecule is CCCC(C)(N)C(=O)CC1CC1. The minimum absolute atomic E-state index is 0.256. The molecule has 0 aromatic heterocycles. The summed E-state index contributed by atoms with van der Waals surface area (Å²) in [5.74, 6) is 0.920. The molecule has 0 amide bonds. The first-order chi connectivity index (χ1) is 5.56. The third-order valence-electron chi connectivity index (χ3n) is 2.58. The van der Waals surface area contributed by atoms with Crippen LogP contribution in [0.15, 0.2) is 0 Å². The van der Waals surface area contributed by atoms with Crippen molar-refractivity contribution < 1.29 is 4.79 Å². The quantitative estimate of drug-likeness (QED) is 0.682. The van der Waals surface area contributed by atoms with Crippen molar-refractivity contribution in [3.63, 3.8) is 0 Å². The van der Waals surface area contributed by atoms with Gasteiger partial charge in [0.05, 0.1) is 5.54 Å². The Morgan fingerprint density at radius 3 is 2.58 bits per heavy atom. The van der Waals surface area contributed by atoms with Gasteiger partial charge in [0.15, 0.2) is 5.78 Å². The molecule has 0 spiro atoms.